The molecule has 2 rings (SSSR count). The molecule has 0 fully saturated rings. The minimum Gasteiger partial charge on any atom is -0.508 e. The molecule has 2 nitrogen and oxygen atoms in total. The first-order valence-corrected chi connectivity index (χ1v) is 6.71. The van der Waals surface area contributed by atoms with Crippen molar-refractivity contribution in [3.8, 4) is 5.75 Å². The Morgan fingerprint density at radius 3 is 2.16 bits per heavy atom. The number of hydrogen-bond acceptors (Lipinski definition) is 2. The molecule has 0 saturated carbocycles. The standard InChI is InChI=1S/C17H21NO/c1-14(2)18(12-15-7-4-3-5-8-15)13-16-9-6-10-17(19)11-16/h3-11,14,19H,12-13H2,1-2H3. The normalized spacial score (nSPS) is 11.2. The van der Waals surface area contributed by atoms with Gasteiger partial charge in [0.2, 0.25) is 0 Å². The molecule has 19 heavy (non-hydrogen) atoms. The highest BCUT2D eigenvalue weighted by atomic mass is 16.3. The van der Waals surface area contributed by atoms with Crippen molar-refractivity contribution in [3.63, 3.8) is 0 Å². The Morgan fingerprint density at radius 1 is 0.895 bits per heavy atom. The maximum atomic E-state index is 9.54. The summed E-state index contributed by atoms with van der Waals surface area (Å²) in [6.45, 7) is 6.17. The van der Waals surface area contributed by atoms with E-state index in [1.165, 1.54) is 5.56 Å². The molecular formula is C17H21NO. The number of phenols is 1. The summed E-state index contributed by atoms with van der Waals surface area (Å²) in [6, 6.07) is 18.4. The van der Waals surface area contributed by atoms with Gasteiger partial charge in [0.15, 0.2) is 0 Å². The van der Waals surface area contributed by atoms with E-state index >= 15 is 0 Å². The molecule has 0 aliphatic carbocycles. The quantitative estimate of drug-likeness (QED) is 0.878. The number of phenolic OH excluding ortho intramolecular Hbond substituents is 1. The third-order valence-electron chi connectivity index (χ3n) is 3.26. The van der Waals surface area contributed by atoms with Gasteiger partial charge in [0.25, 0.3) is 0 Å². The molecule has 0 bridgehead atoms. The summed E-state index contributed by atoms with van der Waals surface area (Å²) in [6.07, 6.45) is 0. The van der Waals surface area contributed by atoms with E-state index in [9.17, 15) is 5.11 Å². The molecule has 0 aromatic heterocycles. The average molecular weight is 255 g/mol. The lowest BCUT2D eigenvalue weighted by molar-refractivity contribution is 0.203. The van der Waals surface area contributed by atoms with Crippen molar-refractivity contribution in [1.29, 1.82) is 0 Å². The molecule has 2 heteroatoms. The molecule has 100 valence electrons. The van der Waals surface area contributed by atoms with Crippen molar-refractivity contribution in [2.75, 3.05) is 0 Å². The molecule has 2 aromatic rings. The van der Waals surface area contributed by atoms with Crippen molar-refractivity contribution in [2.24, 2.45) is 0 Å². The first-order chi connectivity index (χ1) is 9.15. The van der Waals surface area contributed by atoms with Gasteiger partial charge in [-0.3, -0.25) is 4.90 Å². The van der Waals surface area contributed by atoms with Gasteiger partial charge in [0.1, 0.15) is 5.75 Å². The second kappa shape index (κ2) is 6.39. The Balaban J connectivity index is 2.08. The van der Waals surface area contributed by atoms with Crippen molar-refractivity contribution in [2.45, 2.75) is 33.0 Å². The summed E-state index contributed by atoms with van der Waals surface area (Å²) in [5.41, 5.74) is 2.46. The summed E-state index contributed by atoms with van der Waals surface area (Å²) >= 11 is 0. The zero-order valence-corrected chi connectivity index (χ0v) is 11.6. The smallest absolute Gasteiger partial charge is 0.115 e. The van der Waals surface area contributed by atoms with E-state index in [0.717, 1.165) is 18.7 Å². The van der Waals surface area contributed by atoms with Gasteiger partial charge in [0.05, 0.1) is 0 Å². The average Bonchev–Trinajstić information content (AvgIpc) is 2.39. The number of hydrogen-bond donors (Lipinski definition) is 1. The molecule has 0 atom stereocenters. The van der Waals surface area contributed by atoms with E-state index in [0.29, 0.717) is 11.8 Å². The lowest BCUT2D eigenvalue weighted by atomic mass is 10.1. The SMILES string of the molecule is CC(C)N(Cc1ccccc1)Cc1cccc(O)c1. The maximum absolute atomic E-state index is 9.54. The van der Waals surface area contributed by atoms with E-state index in [4.69, 9.17) is 0 Å². The second-order valence-corrected chi connectivity index (χ2v) is 5.15. The molecule has 0 radical (unpaired) electrons. The van der Waals surface area contributed by atoms with Crippen LogP contribution in [0.3, 0.4) is 0 Å². The fourth-order valence-electron chi connectivity index (χ4n) is 2.13. The first kappa shape index (κ1) is 13.6. The molecule has 0 aliphatic heterocycles. The molecule has 0 amide bonds. The third kappa shape index (κ3) is 4.11. The van der Waals surface area contributed by atoms with Crippen LogP contribution in [-0.4, -0.2) is 16.0 Å². The maximum Gasteiger partial charge on any atom is 0.115 e. The Hall–Kier alpha value is -1.80. The van der Waals surface area contributed by atoms with Gasteiger partial charge in [-0.2, -0.15) is 0 Å². The highest BCUT2D eigenvalue weighted by Gasteiger charge is 2.11. The molecule has 0 unspecified atom stereocenters. The van der Waals surface area contributed by atoms with Gasteiger partial charge < -0.3 is 5.11 Å². The predicted octanol–water partition coefficient (Wildman–Crippen LogP) is 3.80. The monoisotopic (exact) mass is 255 g/mol. The Kier molecular flexibility index (Phi) is 4.58. The van der Waals surface area contributed by atoms with Crippen LogP contribution in [-0.2, 0) is 13.1 Å². The van der Waals surface area contributed by atoms with Crippen molar-refractivity contribution >= 4 is 0 Å². The Bertz CT molecular complexity index is 508. The minimum absolute atomic E-state index is 0.334. The van der Waals surface area contributed by atoms with Crippen LogP contribution >= 0.6 is 0 Å². The number of rotatable bonds is 5. The molecule has 0 heterocycles. The van der Waals surface area contributed by atoms with Crippen LogP contribution in [0.5, 0.6) is 5.75 Å². The van der Waals surface area contributed by atoms with Crippen LogP contribution in [0.2, 0.25) is 0 Å². The lowest BCUT2D eigenvalue weighted by Crippen LogP contribution is -2.29. The van der Waals surface area contributed by atoms with Crippen LogP contribution in [0.1, 0.15) is 25.0 Å². The van der Waals surface area contributed by atoms with E-state index in [2.05, 4.69) is 49.1 Å². The van der Waals surface area contributed by atoms with Crippen LogP contribution in [0, 0.1) is 0 Å². The van der Waals surface area contributed by atoms with Gasteiger partial charge in [-0.25, -0.2) is 0 Å². The third-order valence-corrected chi connectivity index (χ3v) is 3.26. The highest BCUT2D eigenvalue weighted by Crippen LogP contribution is 2.16. The second-order valence-electron chi connectivity index (χ2n) is 5.15. The van der Waals surface area contributed by atoms with Gasteiger partial charge in [0, 0.05) is 19.1 Å². The molecule has 0 spiro atoms. The van der Waals surface area contributed by atoms with Crippen LogP contribution in [0.25, 0.3) is 0 Å². The summed E-state index contributed by atoms with van der Waals surface area (Å²) in [5.74, 6) is 0.334. The Labute approximate surface area is 115 Å². The highest BCUT2D eigenvalue weighted by molar-refractivity contribution is 5.27. The minimum atomic E-state index is 0.334. The van der Waals surface area contributed by atoms with Crippen LogP contribution in [0.15, 0.2) is 54.6 Å². The van der Waals surface area contributed by atoms with Crippen LogP contribution < -0.4 is 0 Å². The van der Waals surface area contributed by atoms with Crippen molar-refractivity contribution in [1.82, 2.24) is 4.90 Å². The van der Waals surface area contributed by atoms with Gasteiger partial charge in [-0.15, -0.1) is 0 Å². The van der Waals surface area contributed by atoms with E-state index < -0.39 is 0 Å². The number of aromatic hydroxyl groups is 1. The van der Waals surface area contributed by atoms with Gasteiger partial charge in [-0.1, -0.05) is 42.5 Å². The van der Waals surface area contributed by atoms with E-state index in [-0.39, 0.29) is 0 Å². The summed E-state index contributed by atoms with van der Waals surface area (Å²) in [5, 5.41) is 9.54. The lowest BCUT2D eigenvalue weighted by Gasteiger charge is -2.26. The summed E-state index contributed by atoms with van der Waals surface area (Å²) in [7, 11) is 0. The number of nitrogens with zero attached hydrogens (tertiary/aromatic N) is 1. The predicted molar refractivity (Wildman–Crippen MR) is 78.9 cm³/mol. The van der Waals surface area contributed by atoms with Crippen molar-refractivity contribution < 1.29 is 5.11 Å². The topological polar surface area (TPSA) is 23.5 Å². The number of benzene rings is 2. The molecule has 0 aliphatic rings. The zero-order valence-electron chi connectivity index (χ0n) is 11.6. The molecular weight excluding hydrogens is 234 g/mol. The Morgan fingerprint density at radius 2 is 1.53 bits per heavy atom. The van der Waals surface area contributed by atoms with Gasteiger partial charge in [-0.05, 0) is 37.1 Å². The molecule has 0 saturated heterocycles. The van der Waals surface area contributed by atoms with Gasteiger partial charge >= 0.3 is 0 Å². The fraction of sp³-hybridized carbons (Fsp3) is 0.294. The summed E-state index contributed by atoms with van der Waals surface area (Å²) < 4.78 is 0. The fourth-order valence-corrected chi connectivity index (χ4v) is 2.13. The molecule has 1 N–H and O–H groups in total. The molecule has 2 aromatic carbocycles. The van der Waals surface area contributed by atoms with E-state index in [1.54, 1.807) is 6.07 Å². The largest absolute Gasteiger partial charge is 0.508 e. The summed E-state index contributed by atoms with van der Waals surface area (Å²) in [4.78, 5) is 2.39. The van der Waals surface area contributed by atoms with Crippen molar-refractivity contribution in [3.05, 3.63) is 65.7 Å². The van der Waals surface area contributed by atoms with E-state index in [1.807, 2.05) is 18.2 Å². The zero-order chi connectivity index (χ0) is 13.7. The van der Waals surface area contributed by atoms with Crippen LogP contribution in [0.4, 0.5) is 0 Å². The first-order valence-electron chi connectivity index (χ1n) is 6.71.